The first-order chi connectivity index (χ1) is 8.67. The number of nitrogens with zero attached hydrogens (tertiary/aromatic N) is 4. The molecule has 0 aliphatic rings. The summed E-state index contributed by atoms with van der Waals surface area (Å²) in [5, 5.41) is 11.1. The minimum Gasteiger partial charge on any atom is -0.362 e. The van der Waals surface area contributed by atoms with Crippen molar-refractivity contribution >= 4 is 23.2 Å². The number of ether oxygens (including phenoxy) is 1. The molecule has 96 valence electrons. The number of hydrogen-bond acceptors (Lipinski definition) is 4. The highest BCUT2D eigenvalue weighted by Gasteiger charge is 2.06. The van der Waals surface area contributed by atoms with Gasteiger partial charge in [-0.15, -0.1) is 0 Å². The van der Waals surface area contributed by atoms with Crippen molar-refractivity contribution in [3.05, 3.63) is 29.8 Å². The molecule has 2 aromatic rings. The van der Waals surface area contributed by atoms with Crippen molar-refractivity contribution in [1.29, 1.82) is 0 Å². The van der Waals surface area contributed by atoms with Crippen LogP contribution in [0.1, 0.15) is 0 Å². The van der Waals surface area contributed by atoms with Crippen molar-refractivity contribution in [2.45, 2.75) is 13.3 Å². The molecule has 0 aliphatic carbocycles. The Labute approximate surface area is 108 Å². The maximum absolute atomic E-state index is 11.7. The van der Waals surface area contributed by atoms with E-state index in [1.54, 1.807) is 30.4 Å². The maximum Gasteiger partial charge on any atom is 0.246 e. The monoisotopic (exact) mass is 269 g/mol. The summed E-state index contributed by atoms with van der Waals surface area (Å²) in [6.45, 7) is 0.437. The molecule has 1 N–H and O–H groups in total. The Morgan fingerprint density at radius 2 is 2.17 bits per heavy atom. The molecule has 0 saturated carbocycles. The number of rotatable bonds is 5. The first-order valence-electron chi connectivity index (χ1n) is 5.16. The normalized spacial score (nSPS) is 10.6. The summed E-state index contributed by atoms with van der Waals surface area (Å²) in [5.74, 6) is -0.202. The van der Waals surface area contributed by atoms with E-state index in [0.717, 1.165) is 0 Å². The molecule has 0 aromatic carbocycles. The van der Waals surface area contributed by atoms with Crippen LogP contribution in [0.25, 0.3) is 0 Å². The third-order valence-corrected chi connectivity index (χ3v) is 2.28. The molecule has 0 aliphatic heterocycles. The lowest BCUT2D eigenvalue weighted by atomic mass is 10.5. The number of carbonyl (C=O) groups excluding carboxylic acids is 1. The Kier molecular flexibility index (Phi) is 3.96. The van der Waals surface area contributed by atoms with Crippen molar-refractivity contribution in [2.75, 3.05) is 12.4 Å². The second kappa shape index (κ2) is 5.65. The van der Waals surface area contributed by atoms with E-state index < -0.39 is 0 Å². The SMILES string of the molecule is COCn1cc(NC(=O)Cn2cc(Cl)cn2)cn1. The van der Waals surface area contributed by atoms with Crippen LogP contribution in [-0.2, 0) is 22.8 Å². The Bertz CT molecular complexity index is 536. The summed E-state index contributed by atoms with van der Waals surface area (Å²) in [6, 6.07) is 0. The number of carbonyl (C=O) groups is 1. The fraction of sp³-hybridized carbons (Fsp3) is 0.300. The van der Waals surface area contributed by atoms with Crippen LogP contribution >= 0.6 is 11.6 Å². The maximum atomic E-state index is 11.7. The van der Waals surface area contributed by atoms with Crippen LogP contribution < -0.4 is 5.32 Å². The lowest BCUT2D eigenvalue weighted by Crippen LogP contribution is -2.18. The van der Waals surface area contributed by atoms with Crippen LogP contribution in [-0.4, -0.2) is 32.6 Å². The Hall–Kier alpha value is -1.86. The van der Waals surface area contributed by atoms with Crippen LogP contribution in [0.3, 0.4) is 0 Å². The Morgan fingerprint density at radius 3 is 2.83 bits per heavy atom. The fourth-order valence-electron chi connectivity index (χ4n) is 1.40. The van der Waals surface area contributed by atoms with E-state index in [2.05, 4.69) is 15.5 Å². The molecule has 18 heavy (non-hydrogen) atoms. The van der Waals surface area contributed by atoms with Gasteiger partial charge >= 0.3 is 0 Å². The van der Waals surface area contributed by atoms with Crippen LogP contribution in [0.4, 0.5) is 5.69 Å². The molecule has 0 saturated heterocycles. The zero-order valence-corrected chi connectivity index (χ0v) is 10.5. The quantitative estimate of drug-likeness (QED) is 0.878. The molecule has 2 aromatic heterocycles. The van der Waals surface area contributed by atoms with Crippen molar-refractivity contribution in [3.8, 4) is 0 Å². The molecular weight excluding hydrogens is 258 g/mol. The van der Waals surface area contributed by atoms with Crippen molar-refractivity contribution in [2.24, 2.45) is 0 Å². The smallest absolute Gasteiger partial charge is 0.246 e. The van der Waals surface area contributed by atoms with E-state index in [1.807, 2.05) is 0 Å². The highest BCUT2D eigenvalue weighted by Crippen LogP contribution is 2.07. The first kappa shape index (κ1) is 12.6. The third kappa shape index (κ3) is 3.31. The molecule has 0 spiro atoms. The average molecular weight is 270 g/mol. The largest absolute Gasteiger partial charge is 0.362 e. The third-order valence-electron chi connectivity index (χ3n) is 2.09. The van der Waals surface area contributed by atoms with Gasteiger partial charge in [-0.1, -0.05) is 11.6 Å². The number of halogens is 1. The molecule has 7 nitrogen and oxygen atoms in total. The predicted octanol–water partition coefficient (Wildman–Crippen LogP) is 0.976. The number of methoxy groups -OCH3 is 1. The summed E-state index contributed by atoms with van der Waals surface area (Å²) >= 11 is 5.70. The molecule has 0 fully saturated rings. The molecule has 1 amide bonds. The van der Waals surface area contributed by atoms with Crippen LogP contribution in [0, 0.1) is 0 Å². The van der Waals surface area contributed by atoms with E-state index in [4.69, 9.17) is 16.3 Å². The topological polar surface area (TPSA) is 74.0 Å². The standard InChI is InChI=1S/C10H12ClN5O2/c1-18-7-16-5-9(3-13-16)14-10(17)6-15-4-8(11)2-12-15/h2-5H,6-7H2,1H3,(H,14,17). The van der Waals surface area contributed by atoms with Gasteiger partial charge in [0.15, 0.2) is 0 Å². The van der Waals surface area contributed by atoms with Gasteiger partial charge in [-0.25, -0.2) is 4.68 Å². The zero-order valence-electron chi connectivity index (χ0n) is 9.71. The second-order valence-electron chi connectivity index (χ2n) is 3.59. The molecule has 0 unspecified atom stereocenters. The van der Waals surface area contributed by atoms with Crippen LogP contribution in [0.15, 0.2) is 24.8 Å². The van der Waals surface area contributed by atoms with Crippen LogP contribution in [0.5, 0.6) is 0 Å². The van der Waals surface area contributed by atoms with Gasteiger partial charge in [0, 0.05) is 13.3 Å². The summed E-state index contributed by atoms with van der Waals surface area (Å²) in [6.07, 6.45) is 6.28. The highest BCUT2D eigenvalue weighted by atomic mass is 35.5. The van der Waals surface area contributed by atoms with Gasteiger partial charge in [0.05, 0.1) is 29.3 Å². The summed E-state index contributed by atoms with van der Waals surface area (Å²) in [4.78, 5) is 11.7. The van der Waals surface area contributed by atoms with E-state index in [-0.39, 0.29) is 12.5 Å². The summed E-state index contributed by atoms with van der Waals surface area (Å²) in [7, 11) is 1.57. The van der Waals surface area contributed by atoms with E-state index in [1.165, 1.54) is 10.9 Å². The molecular formula is C10H12ClN5O2. The summed E-state index contributed by atoms with van der Waals surface area (Å²) in [5.41, 5.74) is 0.607. The Balaban J connectivity index is 1.90. The molecule has 0 bridgehead atoms. The average Bonchev–Trinajstić information content (AvgIpc) is 2.89. The van der Waals surface area contributed by atoms with Gasteiger partial charge in [0.2, 0.25) is 5.91 Å². The summed E-state index contributed by atoms with van der Waals surface area (Å²) < 4.78 is 7.93. The van der Waals surface area contributed by atoms with Crippen LogP contribution in [0.2, 0.25) is 5.02 Å². The number of amides is 1. The van der Waals surface area contributed by atoms with Gasteiger partial charge in [-0.2, -0.15) is 10.2 Å². The van der Waals surface area contributed by atoms with Gasteiger partial charge in [-0.05, 0) is 0 Å². The predicted molar refractivity (Wildman–Crippen MR) is 65.1 cm³/mol. The lowest BCUT2D eigenvalue weighted by Gasteiger charge is -2.02. The molecule has 2 heterocycles. The van der Waals surface area contributed by atoms with E-state index >= 15 is 0 Å². The molecule has 8 heteroatoms. The lowest BCUT2D eigenvalue weighted by molar-refractivity contribution is -0.116. The van der Waals surface area contributed by atoms with Gasteiger partial charge < -0.3 is 10.1 Å². The second-order valence-corrected chi connectivity index (χ2v) is 4.03. The van der Waals surface area contributed by atoms with Crippen molar-refractivity contribution in [1.82, 2.24) is 19.6 Å². The zero-order chi connectivity index (χ0) is 13.0. The molecule has 2 rings (SSSR count). The first-order valence-corrected chi connectivity index (χ1v) is 5.54. The molecule has 0 radical (unpaired) electrons. The Morgan fingerprint density at radius 1 is 1.39 bits per heavy atom. The van der Waals surface area contributed by atoms with Crippen molar-refractivity contribution in [3.63, 3.8) is 0 Å². The number of nitrogens with one attached hydrogen (secondary N) is 1. The number of anilines is 1. The minimum absolute atomic E-state index is 0.0994. The molecule has 0 atom stereocenters. The van der Waals surface area contributed by atoms with E-state index in [9.17, 15) is 4.79 Å². The fourth-order valence-corrected chi connectivity index (χ4v) is 1.56. The highest BCUT2D eigenvalue weighted by molar-refractivity contribution is 6.30. The van der Waals surface area contributed by atoms with Gasteiger partial charge in [-0.3, -0.25) is 9.48 Å². The van der Waals surface area contributed by atoms with Gasteiger partial charge in [0.25, 0.3) is 0 Å². The number of aromatic nitrogens is 4. The van der Waals surface area contributed by atoms with Crippen molar-refractivity contribution < 1.29 is 9.53 Å². The number of hydrogen-bond donors (Lipinski definition) is 1. The van der Waals surface area contributed by atoms with Gasteiger partial charge in [0.1, 0.15) is 13.3 Å². The van der Waals surface area contributed by atoms with E-state index in [0.29, 0.717) is 17.4 Å². The minimum atomic E-state index is -0.202.